The predicted octanol–water partition coefficient (Wildman–Crippen LogP) is 1.80. The van der Waals surface area contributed by atoms with E-state index in [1.807, 2.05) is 4.90 Å². The Morgan fingerprint density at radius 2 is 2.20 bits per heavy atom. The zero-order valence-electron chi connectivity index (χ0n) is 10.1. The fourth-order valence-electron chi connectivity index (χ4n) is 1.85. The Morgan fingerprint density at radius 3 is 2.73 bits per heavy atom. The van der Waals surface area contributed by atoms with Crippen molar-refractivity contribution >= 4 is 5.91 Å². The number of unbranched alkanes of at least 4 members (excludes halogenated alkanes) is 1. The molecule has 1 atom stereocenters. The highest BCUT2D eigenvalue weighted by molar-refractivity contribution is 5.76. The highest BCUT2D eigenvalue weighted by atomic mass is 16.3. The summed E-state index contributed by atoms with van der Waals surface area (Å²) in [4.78, 5) is 13.5. The minimum Gasteiger partial charge on any atom is -0.391 e. The number of aliphatic hydroxyl groups excluding tert-OH is 1. The first-order valence-electron chi connectivity index (χ1n) is 5.93. The number of carbonyl (C=O) groups excluding carboxylic acids is 1. The first-order chi connectivity index (χ1) is 6.97. The Kier molecular flexibility index (Phi) is 4.14. The molecule has 1 heterocycles. The number of hydrogen-bond acceptors (Lipinski definition) is 2. The van der Waals surface area contributed by atoms with Crippen LogP contribution in [0.5, 0.6) is 0 Å². The smallest absolute Gasteiger partial charge is 0.222 e. The molecule has 1 rings (SSSR count). The highest BCUT2D eigenvalue weighted by Gasteiger charge is 2.35. The van der Waals surface area contributed by atoms with Gasteiger partial charge < -0.3 is 10.0 Å². The summed E-state index contributed by atoms with van der Waals surface area (Å²) >= 11 is 0. The van der Waals surface area contributed by atoms with Crippen LogP contribution < -0.4 is 0 Å². The largest absolute Gasteiger partial charge is 0.391 e. The molecule has 0 aliphatic carbocycles. The molecular formula is C12H23NO2. The third kappa shape index (κ3) is 3.20. The van der Waals surface area contributed by atoms with Crippen LogP contribution in [-0.4, -0.2) is 35.1 Å². The highest BCUT2D eigenvalue weighted by Crippen LogP contribution is 2.30. The summed E-state index contributed by atoms with van der Waals surface area (Å²) in [6.45, 7) is 7.51. The summed E-state index contributed by atoms with van der Waals surface area (Å²) in [6, 6.07) is 0. The van der Waals surface area contributed by atoms with Crippen molar-refractivity contribution in [2.45, 2.75) is 52.6 Å². The lowest BCUT2D eigenvalue weighted by molar-refractivity contribution is -0.138. The molecule has 1 aliphatic rings. The van der Waals surface area contributed by atoms with Crippen molar-refractivity contribution in [1.29, 1.82) is 0 Å². The molecule has 1 N–H and O–H groups in total. The van der Waals surface area contributed by atoms with Gasteiger partial charge in [-0.3, -0.25) is 4.79 Å². The van der Waals surface area contributed by atoms with Gasteiger partial charge in [-0.05, 0) is 18.3 Å². The molecule has 1 unspecified atom stereocenters. The lowest BCUT2D eigenvalue weighted by Crippen LogP contribution is -2.50. The molecule has 0 saturated carbocycles. The molecule has 1 saturated heterocycles. The summed E-state index contributed by atoms with van der Waals surface area (Å²) in [6.07, 6.45) is 3.15. The molecule has 0 spiro atoms. The molecule has 0 aromatic carbocycles. The maximum absolute atomic E-state index is 11.7. The number of hydrogen-bond donors (Lipinski definition) is 1. The third-order valence-corrected chi connectivity index (χ3v) is 3.42. The van der Waals surface area contributed by atoms with Crippen LogP contribution in [0.2, 0.25) is 0 Å². The second-order valence-corrected chi connectivity index (χ2v) is 5.20. The van der Waals surface area contributed by atoms with Crippen molar-refractivity contribution in [2.75, 3.05) is 13.1 Å². The third-order valence-electron chi connectivity index (χ3n) is 3.42. The van der Waals surface area contributed by atoms with E-state index >= 15 is 0 Å². The molecule has 1 amide bonds. The Hall–Kier alpha value is -0.570. The number of rotatable bonds is 3. The minimum absolute atomic E-state index is 0.0401. The van der Waals surface area contributed by atoms with Crippen LogP contribution in [0.4, 0.5) is 0 Å². The lowest BCUT2D eigenvalue weighted by Gasteiger charge is -2.41. The molecule has 0 radical (unpaired) electrons. The van der Waals surface area contributed by atoms with Crippen LogP contribution in [0, 0.1) is 5.41 Å². The van der Waals surface area contributed by atoms with Gasteiger partial charge >= 0.3 is 0 Å². The quantitative estimate of drug-likeness (QED) is 0.776. The zero-order chi connectivity index (χ0) is 11.5. The van der Waals surface area contributed by atoms with Crippen molar-refractivity contribution in [3.63, 3.8) is 0 Å². The predicted molar refractivity (Wildman–Crippen MR) is 60.5 cm³/mol. The normalized spacial score (nSPS) is 25.3. The van der Waals surface area contributed by atoms with Crippen LogP contribution in [0.25, 0.3) is 0 Å². The van der Waals surface area contributed by atoms with E-state index in [2.05, 4.69) is 20.8 Å². The Morgan fingerprint density at radius 1 is 1.53 bits per heavy atom. The van der Waals surface area contributed by atoms with E-state index in [9.17, 15) is 9.90 Å². The molecule has 1 fully saturated rings. The van der Waals surface area contributed by atoms with Gasteiger partial charge in [0.2, 0.25) is 5.91 Å². The molecule has 3 heteroatoms. The molecule has 88 valence electrons. The van der Waals surface area contributed by atoms with Gasteiger partial charge in [-0.25, -0.2) is 0 Å². The zero-order valence-corrected chi connectivity index (χ0v) is 10.1. The number of amides is 1. The Balaban J connectivity index is 2.43. The van der Waals surface area contributed by atoms with Gasteiger partial charge in [0.1, 0.15) is 0 Å². The first kappa shape index (κ1) is 12.5. The summed E-state index contributed by atoms with van der Waals surface area (Å²) in [5.41, 5.74) is -0.0401. The second kappa shape index (κ2) is 4.97. The van der Waals surface area contributed by atoms with Crippen LogP contribution in [0.3, 0.4) is 0 Å². The van der Waals surface area contributed by atoms with Crippen LogP contribution in [0.1, 0.15) is 46.5 Å². The minimum atomic E-state index is -0.378. The summed E-state index contributed by atoms with van der Waals surface area (Å²) in [7, 11) is 0. The number of nitrogens with zero attached hydrogens (tertiary/aromatic N) is 1. The van der Waals surface area contributed by atoms with Crippen molar-refractivity contribution in [3.8, 4) is 0 Å². The van der Waals surface area contributed by atoms with Crippen LogP contribution in [0.15, 0.2) is 0 Å². The van der Waals surface area contributed by atoms with Gasteiger partial charge in [-0.1, -0.05) is 27.2 Å². The number of piperidine rings is 1. The maximum atomic E-state index is 11.7. The van der Waals surface area contributed by atoms with Crippen molar-refractivity contribution in [2.24, 2.45) is 5.41 Å². The van der Waals surface area contributed by atoms with E-state index in [1.54, 1.807) is 0 Å². The molecule has 0 aromatic heterocycles. The van der Waals surface area contributed by atoms with E-state index in [1.165, 1.54) is 0 Å². The average Bonchev–Trinajstić information content (AvgIpc) is 2.18. The molecule has 3 nitrogen and oxygen atoms in total. The van der Waals surface area contributed by atoms with E-state index in [0.29, 0.717) is 13.0 Å². The monoisotopic (exact) mass is 213 g/mol. The van der Waals surface area contributed by atoms with E-state index in [4.69, 9.17) is 0 Å². The number of carbonyl (C=O) groups is 1. The molecule has 0 bridgehead atoms. The number of likely N-dealkylation sites (tertiary alicyclic amines) is 1. The molecular weight excluding hydrogens is 190 g/mol. The summed E-state index contributed by atoms with van der Waals surface area (Å²) in [5, 5.41) is 9.89. The van der Waals surface area contributed by atoms with Gasteiger partial charge in [-0.2, -0.15) is 0 Å². The molecule has 15 heavy (non-hydrogen) atoms. The Bertz CT molecular complexity index is 226. The SMILES string of the molecule is CCCCC(=O)N1CCC(C)(C)C(O)C1. The molecule has 0 aromatic rings. The number of aliphatic hydroxyl groups is 1. The summed E-state index contributed by atoms with van der Waals surface area (Å²) < 4.78 is 0. The van der Waals surface area contributed by atoms with Gasteiger partial charge in [-0.15, -0.1) is 0 Å². The van der Waals surface area contributed by atoms with Gasteiger partial charge in [0.15, 0.2) is 0 Å². The van der Waals surface area contributed by atoms with E-state index < -0.39 is 0 Å². The van der Waals surface area contributed by atoms with Gasteiger partial charge in [0.25, 0.3) is 0 Å². The van der Waals surface area contributed by atoms with E-state index in [0.717, 1.165) is 25.8 Å². The fourth-order valence-corrected chi connectivity index (χ4v) is 1.85. The van der Waals surface area contributed by atoms with Crippen molar-refractivity contribution < 1.29 is 9.90 Å². The average molecular weight is 213 g/mol. The van der Waals surface area contributed by atoms with E-state index in [-0.39, 0.29) is 17.4 Å². The fraction of sp³-hybridized carbons (Fsp3) is 0.917. The number of β-amino-alcohol motifs (C(OH)–C–C–N with tert-alkyl or cyclic N) is 1. The van der Waals surface area contributed by atoms with Crippen LogP contribution >= 0.6 is 0 Å². The topological polar surface area (TPSA) is 40.5 Å². The van der Waals surface area contributed by atoms with Gasteiger partial charge in [0, 0.05) is 19.5 Å². The van der Waals surface area contributed by atoms with Crippen LogP contribution in [-0.2, 0) is 4.79 Å². The first-order valence-corrected chi connectivity index (χ1v) is 5.93. The lowest BCUT2D eigenvalue weighted by atomic mass is 9.80. The maximum Gasteiger partial charge on any atom is 0.222 e. The molecule has 1 aliphatic heterocycles. The van der Waals surface area contributed by atoms with Crippen molar-refractivity contribution in [3.05, 3.63) is 0 Å². The van der Waals surface area contributed by atoms with Gasteiger partial charge in [0.05, 0.1) is 6.10 Å². The second-order valence-electron chi connectivity index (χ2n) is 5.20. The summed E-state index contributed by atoms with van der Waals surface area (Å²) in [5.74, 6) is 0.200. The van der Waals surface area contributed by atoms with Crippen molar-refractivity contribution in [1.82, 2.24) is 4.90 Å². The standard InChI is InChI=1S/C12H23NO2/c1-4-5-6-11(15)13-8-7-12(2,3)10(14)9-13/h10,14H,4-9H2,1-3H3. The Labute approximate surface area is 92.5 Å².